The zero-order valence-corrected chi connectivity index (χ0v) is 40.3. The molecule has 10 aromatic carbocycles. The molecule has 0 saturated carbocycles. The molecule has 71 heavy (non-hydrogen) atoms. The van der Waals surface area contributed by atoms with Crippen LogP contribution in [0.15, 0.2) is 271 Å². The van der Waals surface area contributed by atoms with Gasteiger partial charge in [-0.1, -0.05) is 183 Å². The Morgan fingerprint density at radius 1 is 0.394 bits per heavy atom. The molecule has 3 heteroatoms. The fourth-order valence-corrected chi connectivity index (χ4v) is 9.77. The van der Waals surface area contributed by atoms with Crippen LogP contribution in [0.4, 0.5) is 28.4 Å². The van der Waals surface area contributed by atoms with Gasteiger partial charge in [0.25, 0.3) is 0 Å². The number of para-hydroxylation sites is 2. The third kappa shape index (κ3) is 9.34. The van der Waals surface area contributed by atoms with E-state index < -0.39 is 0 Å². The second-order valence-corrected chi connectivity index (χ2v) is 18.1. The van der Waals surface area contributed by atoms with Crippen LogP contribution in [0.1, 0.15) is 31.4 Å². The molecule has 0 saturated heterocycles. The van der Waals surface area contributed by atoms with Crippen LogP contribution in [0.3, 0.4) is 0 Å². The van der Waals surface area contributed by atoms with Crippen LogP contribution in [0.25, 0.3) is 72.0 Å². The minimum Gasteiger partial charge on any atom is -0.456 e. The molecule has 11 rings (SSSR count). The van der Waals surface area contributed by atoms with Crippen LogP contribution in [0.2, 0.25) is 0 Å². The minimum absolute atomic E-state index is 0.888. The smallest absolute Gasteiger partial charge is 0.135 e. The van der Waals surface area contributed by atoms with E-state index in [1.165, 1.54) is 55.8 Å². The molecule has 0 atom stereocenters. The number of allylic oxidation sites excluding steroid dienone is 4. The van der Waals surface area contributed by atoms with Gasteiger partial charge in [-0.15, -0.1) is 0 Å². The summed E-state index contributed by atoms with van der Waals surface area (Å²) in [5.41, 5.74) is 21.6. The maximum absolute atomic E-state index is 6.33. The highest BCUT2D eigenvalue weighted by Gasteiger charge is 2.17. The van der Waals surface area contributed by atoms with Crippen molar-refractivity contribution in [2.45, 2.75) is 27.2 Å². The number of benzene rings is 10. The van der Waals surface area contributed by atoms with Gasteiger partial charge in [-0.25, -0.2) is 0 Å². The molecule has 0 aliphatic heterocycles. The number of fused-ring (bicyclic) bond motifs is 3. The summed E-state index contributed by atoms with van der Waals surface area (Å²) in [5.74, 6) is 0. The highest BCUT2D eigenvalue weighted by molar-refractivity contribution is 6.07. The number of hydrogen-bond donors (Lipinski definition) is 0. The summed E-state index contributed by atoms with van der Waals surface area (Å²) in [5, 5.41) is 2.23. The average Bonchev–Trinajstić information content (AvgIpc) is 3.81. The molecule has 342 valence electrons. The normalized spacial score (nSPS) is 11.8. The van der Waals surface area contributed by atoms with Crippen molar-refractivity contribution in [3.63, 3.8) is 0 Å². The summed E-state index contributed by atoms with van der Waals surface area (Å²) >= 11 is 0. The van der Waals surface area contributed by atoms with Crippen molar-refractivity contribution in [1.82, 2.24) is 0 Å². The Morgan fingerprint density at radius 2 is 0.789 bits per heavy atom. The second kappa shape index (κ2) is 20.0. The van der Waals surface area contributed by atoms with E-state index in [9.17, 15) is 0 Å². The van der Waals surface area contributed by atoms with Gasteiger partial charge in [0.2, 0.25) is 0 Å². The monoisotopic (exact) mass is 914 g/mol. The first kappa shape index (κ1) is 44.6. The van der Waals surface area contributed by atoms with Crippen molar-refractivity contribution in [1.29, 1.82) is 0 Å². The summed E-state index contributed by atoms with van der Waals surface area (Å²) in [6, 6.07) is 89.1. The number of hydrogen-bond acceptors (Lipinski definition) is 3. The van der Waals surface area contributed by atoms with Crippen molar-refractivity contribution in [3.8, 4) is 44.5 Å². The molecule has 11 aromatic rings. The molecule has 0 fully saturated rings. The summed E-state index contributed by atoms with van der Waals surface area (Å²) in [4.78, 5) is 4.70. The van der Waals surface area contributed by atoms with E-state index in [1.54, 1.807) is 0 Å². The van der Waals surface area contributed by atoms with Crippen molar-refractivity contribution in [2.75, 3.05) is 9.80 Å². The molecule has 0 unspecified atom stereocenters. The summed E-state index contributed by atoms with van der Waals surface area (Å²) < 4.78 is 6.33. The van der Waals surface area contributed by atoms with Gasteiger partial charge < -0.3 is 14.2 Å². The van der Waals surface area contributed by atoms with Gasteiger partial charge in [0.05, 0.1) is 0 Å². The van der Waals surface area contributed by atoms with E-state index >= 15 is 0 Å². The Morgan fingerprint density at radius 3 is 1.28 bits per heavy atom. The zero-order valence-electron chi connectivity index (χ0n) is 40.3. The van der Waals surface area contributed by atoms with Crippen molar-refractivity contribution in [3.05, 3.63) is 278 Å². The number of rotatable bonds is 13. The first-order valence-electron chi connectivity index (χ1n) is 24.5. The molecule has 0 N–H and O–H groups in total. The van der Waals surface area contributed by atoms with Crippen LogP contribution in [0, 0.1) is 6.92 Å². The number of anilines is 5. The standard InChI is InChI=1S/C68H54N2O/c1-4-50(25-24-49(3)69(60-21-12-7-13-22-60)66-23-15-14-16-48(66)2)53-30-38-61(39-31-53)70(62-40-32-56(33-41-62)55-28-26-54(27-29-55)51-17-8-5-9-18-51)63-42-34-57(35-43-63)59-37-45-68-65(47-59)64-46-58(36-44-67(64)71-68)52-19-10-6-11-20-52/h5-47H,4H2,1-3H3/b49-24+,50-25+. The molecular formula is C68H54N2O. The summed E-state index contributed by atoms with van der Waals surface area (Å²) in [7, 11) is 0. The molecule has 0 spiro atoms. The predicted molar refractivity (Wildman–Crippen MR) is 302 cm³/mol. The minimum atomic E-state index is 0.888. The topological polar surface area (TPSA) is 19.6 Å². The van der Waals surface area contributed by atoms with E-state index in [0.717, 1.165) is 67.9 Å². The van der Waals surface area contributed by atoms with Gasteiger partial charge in [0.1, 0.15) is 11.2 Å². The maximum atomic E-state index is 6.33. The first-order valence-corrected chi connectivity index (χ1v) is 24.5. The Kier molecular flexibility index (Phi) is 12.5. The van der Waals surface area contributed by atoms with E-state index in [-0.39, 0.29) is 0 Å². The van der Waals surface area contributed by atoms with Crippen LogP contribution < -0.4 is 9.80 Å². The third-order valence-corrected chi connectivity index (χ3v) is 13.6. The van der Waals surface area contributed by atoms with Crippen molar-refractivity contribution >= 4 is 55.9 Å². The third-order valence-electron chi connectivity index (χ3n) is 13.6. The van der Waals surface area contributed by atoms with Crippen molar-refractivity contribution in [2.24, 2.45) is 0 Å². The van der Waals surface area contributed by atoms with Gasteiger partial charge in [-0.3, -0.25) is 0 Å². The van der Waals surface area contributed by atoms with E-state index in [1.807, 2.05) is 0 Å². The molecule has 0 amide bonds. The average molecular weight is 915 g/mol. The maximum Gasteiger partial charge on any atom is 0.135 e. The molecule has 1 aromatic heterocycles. The molecule has 0 aliphatic rings. The largest absolute Gasteiger partial charge is 0.456 e. The fraction of sp³-hybridized carbons (Fsp3) is 0.0588. The van der Waals surface area contributed by atoms with Crippen LogP contribution in [-0.4, -0.2) is 0 Å². The number of nitrogens with zero attached hydrogens (tertiary/aromatic N) is 2. The highest BCUT2D eigenvalue weighted by atomic mass is 16.3. The van der Waals surface area contributed by atoms with Gasteiger partial charge >= 0.3 is 0 Å². The Labute approximate surface area is 417 Å². The summed E-state index contributed by atoms with van der Waals surface area (Å²) in [6.45, 7) is 6.60. The Bertz CT molecular complexity index is 3650. The van der Waals surface area contributed by atoms with E-state index in [4.69, 9.17) is 4.42 Å². The molecule has 0 radical (unpaired) electrons. The van der Waals surface area contributed by atoms with E-state index in [2.05, 4.69) is 291 Å². The lowest BCUT2D eigenvalue weighted by molar-refractivity contribution is 0.669. The van der Waals surface area contributed by atoms with Gasteiger partial charge in [0, 0.05) is 44.9 Å². The van der Waals surface area contributed by atoms with Crippen LogP contribution in [0.5, 0.6) is 0 Å². The number of aryl methyl sites for hydroxylation is 1. The van der Waals surface area contributed by atoms with Crippen molar-refractivity contribution < 1.29 is 4.42 Å². The molecule has 0 aliphatic carbocycles. The lowest BCUT2D eigenvalue weighted by Crippen LogP contribution is -2.15. The number of furan rings is 1. The fourth-order valence-electron chi connectivity index (χ4n) is 9.77. The van der Waals surface area contributed by atoms with Crippen LogP contribution >= 0.6 is 0 Å². The molecular weight excluding hydrogens is 861 g/mol. The van der Waals surface area contributed by atoms with Gasteiger partial charge in [-0.2, -0.15) is 0 Å². The second-order valence-electron chi connectivity index (χ2n) is 18.1. The highest BCUT2D eigenvalue weighted by Crippen LogP contribution is 2.40. The summed E-state index contributed by atoms with van der Waals surface area (Å²) in [6.07, 6.45) is 5.43. The lowest BCUT2D eigenvalue weighted by atomic mass is 9.99. The Balaban J connectivity index is 0.923. The molecule has 3 nitrogen and oxygen atoms in total. The quantitative estimate of drug-likeness (QED) is 0.107. The molecule has 1 heterocycles. The molecule has 0 bridgehead atoms. The predicted octanol–water partition coefficient (Wildman–Crippen LogP) is 19.6. The van der Waals surface area contributed by atoms with Gasteiger partial charge in [-0.05, 0) is 166 Å². The van der Waals surface area contributed by atoms with Gasteiger partial charge in [0.15, 0.2) is 0 Å². The van der Waals surface area contributed by atoms with Crippen LogP contribution in [-0.2, 0) is 0 Å². The Hall–Kier alpha value is -8.92. The lowest BCUT2D eigenvalue weighted by Gasteiger charge is -2.27. The zero-order chi connectivity index (χ0) is 48.1. The first-order chi connectivity index (χ1) is 35.0. The van der Waals surface area contributed by atoms with E-state index in [0.29, 0.717) is 0 Å². The SMILES string of the molecule is CC/C(=C\C=C(/C)N(c1ccccc1)c1ccccc1C)c1ccc(N(c2ccc(-c3ccc(-c4ccccc4)cc3)cc2)c2ccc(-c3ccc4oc5ccc(-c6ccccc6)cc5c4c3)cc2)cc1.